The summed E-state index contributed by atoms with van der Waals surface area (Å²) >= 11 is 6.25. The van der Waals surface area contributed by atoms with Crippen molar-refractivity contribution in [1.29, 1.82) is 5.26 Å². The van der Waals surface area contributed by atoms with E-state index in [1.54, 1.807) is 24.3 Å². The Morgan fingerprint density at radius 3 is 2.58 bits per heavy atom. The van der Waals surface area contributed by atoms with Gasteiger partial charge < -0.3 is 10.3 Å². The molecule has 3 aromatic carbocycles. The van der Waals surface area contributed by atoms with Crippen molar-refractivity contribution >= 4 is 44.3 Å². The number of sulfonamides is 1. The lowest BCUT2D eigenvalue weighted by Gasteiger charge is -2.08. The van der Waals surface area contributed by atoms with Crippen LogP contribution in [0.25, 0.3) is 22.4 Å². The van der Waals surface area contributed by atoms with Gasteiger partial charge in [-0.05, 0) is 54.6 Å². The Morgan fingerprint density at radius 1 is 1.09 bits per heavy atom. The van der Waals surface area contributed by atoms with Crippen molar-refractivity contribution < 1.29 is 13.2 Å². The predicted molar refractivity (Wildman–Crippen MR) is 126 cm³/mol. The van der Waals surface area contributed by atoms with E-state index in [2.05, 4.69) is 20.0 Å². The van der Waals surface area contributed by atoms with Gasteiger partial charge in [0.2, 0.25) is 10.0 Å². The van der Waals surface area contributed by atoms with Crippen LogP contribution in [0, 0.1) is 11.3 Å². The molecule has 0 aliphatic carbocycles. The minimum atomic E-state index is -3.74. The summed E-state index contributed by atoms with van der Waals surface area (Å²) in [6.07, 6.45) is 0.0697. The number of halogens is 1. The van der Waals surface area contributed by atoms with Crippen LogP contribution in [-0.2, 0) is 10.0 Å². The molecular weight excluding hydrogens is 462 g/mol. The first-order valence-electron chi connectivity index (χ1n) is 9.90. The third-order valence-corrected chi connectivity index (χ3v) is 6.63. The molecule has 0 aliphatic rings. The molecular formula is C23H18ClN5O3S. The number of imidazole rings is 1. The summed E-state index contributed by atoms with van der Waals surface area (Å²) in [5.41, 5.74) is 3.08. The van der Waals surface area contributed by atoms with E-state index in [0.717, 1.165) is 16.6 Å². The first kappa shape index (κ1) is 22.5. The van der Waals surface area contributed by atoms with Crippen molar-refractivity contribution in [1.82, 2.24) is 14.7 Å². The highest BCUT2D eigenvalue weighted by atomic mass is 35.5. The standard InChI is InChI=1S/C23H18ClN5O3S/c24-19-5-2-1-4-18(19)22-28-20-11-8-16(14-21(20)29-22)27-23(30)15-6-9-17(10-7-15)33(31,32)26-13-3-12-25/h1-2,4-11,14,26H,3,13H2,(H,27,30)(H,28,29). The van der Waals surface area contributed by atoms with Gasteiger partial charge in [0.15, 0.2) is 0 Å². The number of aromatic amines is 1. The number of H-pyrrole nitrogens is 1. The number of benzene rings is 3. The zero-order chi connectivity index (χ0) is 23.4. The average molecular weight is 480 g/mol. The lowest BCUT2D eigenvalue weighted by molar-refractivity contribution is 0.102. The minimum absolute atomic E-state index is 0.0166. The van der Waals surface area contributed by atoms with Crippen molar-refractivity contribution in [3.8, 4) is 17.5 Å². The van der Waals surface area contributed by atoms with E-state index in [0.29, 0.717) is 22.1 Å². The Balaban J connectivity index is 1.49. The Morgan fingerprint density at radius 2 is 1.85 bits per heavy atom. The number of fused-ring (bicyclic) bond motifs is 1. The summed E-state index contributed by atoms with van der Waals surface area (Å²) < 4.78 is 26.7. The highest BCUT2D eigenvalue weighted by molar-refractivity contribution is 7.89. The van der Waals surface area contributed by atoms with E-state index in [1.807, 2.05) is 24.3 Å². The summed E-state index contributed by atoms with van der Waals surface area (Å²) in [5, 5.41) is 11.9. The second-order valence-electron chi connectivity index (χ2n) is 7.08. The fraction of sp³-hybridized carbons (Fsp3) is 0.0870. The van der Waals surface area contributed by atoms with Gasteiger partial charge in [-0.15, -0.1) is 0 Å². The van der Waals surface area contributed by atoms with Crippen molar-refractivity contribution in [3.63, 3.8) is 0 Å². The highest BCUT2D eigenvalue weighted by Crippen LogP contribution is 2.28. The Kier molecular flexibility index (Phi) is 6.42. The molecule has 0 aliphatic heterocycles. The van der Waals surface area contributed by atoms with Crippen molar-refractivity contribution in [3.05, 3.63) is 77.3 Å². The van der Waals surface area contributed by atoms with E-state index < -0.39 is 10.0 Å². The van der Waals surface area contributed by atoms with Crippen LogP contribution in [0.15, 0.2) is 71.6 Å². The van der Waals surface area contributed by atoms with E-state index in [9.17, 15) is 13.2 Å². The van der Waals surface area contributed by atoms with Gasteiger partial charge in [0.1, 0.15) is 5.82 Å². The van der Waals surface area contributed by atoms with Gasteiger partial charge in [-0.25, -0.2) is 18.1 Å². The molecule has 166 valence electrons. The maximum Gasteiger partial charge on any atom is 0.255 e. The number of carbonyl (C=O) groups is 1. The van der Waals surface area contributed by atoms with Gasteiger partial charge in [0.05, 0.1) is 27.0 Å². The molecule has 0 bridgehead atoms. The van der Waals surface area contributed by atoms with Crippen LogP contribution < -0.4 is 10.0 Å². The monoisotopic (exact) mass is 479 g/mol. The van der Waals surface area contributed by atoms with E-state index >= 15 is 0 Å². The predicted octanol–water partition coefficient (Wildman–Crippen LogP) is 4.33. The molecule has 8 nitrogen and oxygen atoms in total. The maximum absolute atomic E-state index is 12.6. The lowest BCUT2D eigenvalue weighted by atomic mass is 10.2. The Labute approximate surface area is 195 Å². The van der Waals surface area contributed by atoms with Crippen molar-refractivity contribution in [2.24, 2.45) is 0 Å². The highest BCUT2D eigenvalue weighted by Gasteiger charge is 2.15. The number of carbonyl (C=O) groups excluding carboxylic acids is 1. The molecule has 1 amide bonds. The van der Waals surface area contributed by atoms with E-state index in [1.165, 1.54) is 24.3 Å². The van der Waals surface area contributed by atoms with Crippen LogP contribution in [-0.4, -0.2) is 30.8 Å². The fourth-order valence-corrected chi connectivity index (χ4v) is 4.44. The molecule has 1 aromatic heterocycles. The molecule has 4 rings (SSSR count). The fourth-order valence-electron chi connectivity index (χ4n) is 3.18. The van der Waals surface area contributed by atoms with Crippen LogP contribution in [0.3, 0.4) is 0 Å². The molecule has 0 unspecified atom stereocenters. The lowest BCUT2D eigenvalue weighted by Crippen LogP contribution is -2.24. The molecule has 4 aromatic rings. The molecule has 10 heteroatoms. The summed E-state index contributed by atoms with van der Waals surface area (Å²) in [6, 6.07) is 20.1. The molecule has 1 heterocycles. The number of hydrogen-bond acceptors (Lipinski definition) is 5. The van der Waals surface area contributed by atoms with Crippen molar-refractivity contribution in [2.45, 2.75) is 11.3 Å². The first-order chi connectivity index (χ1) is 15.9. The summed E-state index contributed by atoms with van der Waals surface area (Å²) in [4.78, 5) is 20.4. The number of rotatable bonds is 7. The van der Waals surface area contributed by atoms with Crippen LogP contribution in [0.5, 0.6) is 0 Å². The van der Waals surface area contributed by atoms with Crippen LogP contribution in [0.4, 0.5) is 5.69 Å². The number of hydrogen-bond donors (Lipinski definition) is 3. The normalized spacial score (nSPS) is 11.3. The zero-order valence-corrected chi connectivity index (χ0v) is 18.7. The Bertz CT molecular complexity index is 1470. The second kappa shape index (κ2) is 9.42. The number of aromatic nitrogens is 2. The SMILES string of the molecule is N#CCCNS(=O)(=O)c1ccc(C(=O)Nc2ccc3nc(-c4ccccc4Cl)[nH]c3c2)cc1. The third kappa shape index (κ3) is 5.04. The number of amides is 1. The van der Waals surface area contributed by atoms with Gasteiger partial charge >= 0.3 is 0 Å². The molecule has 33 heavy (non-hydrogen) atoms. The zero-order valence-electron chi connectivity index (χ0n) is 17.2. The molecule has 0 radical (unpaired) electrons. The maximum atomic E-state index is 12.6. The molecule has 0 spiro atoms. The van der Waals surface area contributed by atoms with Crippen LogP contribution in [0.1, 0.15) is 16.8 Å². The van der Waals surface area contributed by atoms with Gasteiger partial charge in [0, 0.05) is 29.8 Å². The van der Waals surface area contributed by atoms with E-state index in [4.69, 9.17) is 16.9 Å². The first-order valence-corrected chi connectivity index (χ1v) is 11.8. The average Bonchev–Trinajstić information content (AvgIpc) is 3.22. The molecule has 3 N–H and O–H groups in total. The smallest absolute Gasteiger partial charge is 0.255 e. The summed E-state index contributed by atoms with van der Waals surface area (Å²) in [6.45, 7) is 0.0232. The van der Waals surface area contributed by atoms with Gasteiger partial charge in [-0.3, -0.25) is 4.79 Å². The largest absolute Gasteiger partial charge is 0.338 e. The van der Waals surface area contributed by atoms with Gasteiger partial charge in [0.25, 0.3) is 5.91 Å². The van der Waals surface area contributed by atoms with E-state index in [-0.39, 0.29) is 23.8 Å². The molecule has 0 saturated heterocycles. The number of nitrogens with one attached hydrogen (secondary N) is 3. The number of anilines is 1. The number of nitriles is 1. The number of nitrogens with zero attached hydrogens (tertiary/aromatic N) is 2. The van der Waals surface area contributed by atoms with Crippen molar-refractivity contribution in [2.75, 3.05) is 11.9 Å². The summed E-state index contributed by atoms with van der Waals surface area (Å²) in [7, 11) is -3.74. The van der Waals surface area contributed by atoms with Gasteiger partial charge in [-0.2, -0.15) is 5.26 Å². The molecule has 0 saturated carbocycles. The van der Waals surface area contributed by atoms with Crippen LogP contribution >= 0.6 is 11.6 Å². The summed E-state index contributed by atoms with van der Waals surface area (Å²) in [5.74, 6) is 0.237. The Hall–Kier alpha value is -3.71. The van der Waals surface area contributed by atoms with Crippen LogP contribution in [0.2, 0.25) is 5.02 Å². The minimum Gasteiger partial charge on any atom is -0.338 e. The molecule has 0 atom stereocenters. The third-order valence-electron chi connectivity index (χ3n) is 4.82. The quantitative estimate of drug-likeness (QED) is 0.340. The van der Waals surface area contributed by atoms with Gasteiger partial charge in [-0.1, -0.05) is 23.7 Å². The second-order valence-corrected chi connectivity index (χ2v) is 9.26. The molecule has 0 fully saturated rings. The topological polar surface area (TPSA) is 128 Å².